The zero-order valence-electron chi connectivity index (χ0n) is 15.0. The third-order valence-electron chi connectivity index (χ3n) is 5.20. The highest BCUT2D eigenvalue weighted by Gasteiger charge is 2.41. The lowest BCUT2D eigenvalue weighted by molar-refractivity contribution is -0.135. The number of carbonyl (C=O) groups is 1. The molecule has 25 heavy (non-hydrogen) atoms. The SMILES string of the molecule is Cc1ncsc1CCC(=O)N1C[C@@H]2CC[C@H]1CN(S(=O)(=O)N(C)C)C2. The summed E-state index contributed by atoms with van der Waals surface area (Å²) in [5, 5.41) is 0. The number of rotatable bonds is 5. The third-order valence-corrected chi connectivity index (χ3v) is 8.07. The van der Waals surface area contributed by atoms with E-state index in [1.54, 1.807) is 29.7 Å². The van der Waals surface area contributed by atoms with Crippen molar-refractivity contribution >= 4 is 27.5 Å². The molecule has 0 unspecified atom stereocenters. The van der Waals surface area contributed by atoms with Crippen LogP contribution in [0.15, 0.2) is 5.51 Å². The largest absolute Gasteiger partial charge is 0.338 e. The summed E-state index contributed by atoms with van der Waals surface area (Å²) in [5.41, 5.74) is 2.81. The Morgan fingerprint density at radius 2 is 2.08 bits per heavy atom. The summed E-state index contributed by atoms with van der Waals surface area (Å²) in [5.74, 6) is 0.356. The van der Waals surface area contributed by atoms with Crippen molar-refractivity contribution in [2.45, 2.75) is 38.6 Å². The molecule has 2 bridgehead atoms. The summed E-state index contributed by atoms with van der Waals surface area (Å²) in [7, 11) is -0.314. The smallest absolute Gasteiger partial charge is 0.281 e. The van der Waals surface area contributed by atoms with Gasteiger partial charge >= 0.3 is 0 Å². The van der Waals surface area contributed by atoms with Crippen LogP contribution in [0, 0.1) is 12.8 Å². The number of nitrogens with zero attached hydrogens (tertiary/aromatic N) is 4. The van der Waals surface area contributed by atoms with Crippen molar-refractivity contribution in [3.05, 3.63) is 16.1 Å². The molecular weight excluding hydrogens is 360 g/mol. The van der Waals surface area contributed by atoms with Crippen molar-refractivity contribution in [1.82, 2.24) is 18.5 Å². The molecule has 2 atom stereocenters. The maximum absolute atomic E-state index is 12.8. The second-order valence-electron chi connectivity index (χ2n) is 7.11. The summed E-state index contributed by atoms with van der Waals surface area (Å²) in [6, 6.07) is -0.0106. The van der Waals surface area contributed by atoms with Gasteiger partial charge in [-0.2, -0.15) is 17.0 Å². The van der Waals surface area contributed by atoms with Crippen LogP contribution >= 0.6 is 11.3 Å². The molecule has 9 heteroatoms. The first-order valence-corrected chi connectivity index (χ1v) is 10.9. The fourth-order valence-electron chi connectivity index (χ4n) is 3.69. The van der Waals surface area contributed by atoms with Crippen LogP contribution in [0.3, 0.4) is 0 Å². The first-order valence-electron chi connectivity index (χ1n) is 8.65. The van der Waals surface area contributed by atoms with Crippen molar-refractivity contribution in [2.75, 3.05) is 33.7 Å². The average Bonchev–Trinajstić information content (AvgIpc) is 2.78. The van der Waals surface area contributed by atoms with E-state index in [0.717, 1.165) is 23.4 Å². The summed E-state index contributed by atoms with van der Waals surface area (Å²) in [6.45, 7) is 3.55. The van der Waals surface area contributed by atoms with Gasteiger partial charge in [0.1, 0.15) is 0 Å². The number of hydrogen-bond donors (Lipinski definition) is 0. The molecule has 140 valence electrons. The minimum Gasteiger partial charge on any atom is -0.338 e. The highest BCUT2D eigenvalue weighted by Crippen LogP contribution is 2.30. The molecule has 3 aliphatic heterocycles. The molecule has 0 aromatic carbocycles. The van der Waals surface area contributed by atoms with Gasteiger partial charge in [0, 0.05) is 51.1 Å². The van der Waals surface area contributed by atoms with E-state index in [1.807, 2.05) is 17.3 Å². The topological polar surface area (TPSA) is 73.8 Å². The van der Waals surface area contributed by atoms with Crippen LogP contribution in [0.1, 0.15) is 29.8 Å². The molecule has 3 saturated heterocycles. The van der Waals surface area contributed by atoms with Crippen molar-refractivity contribution in [1.29, 1.82) is 0 Å². The van der Waals surface area contributed by atoms with Crippen molar-refractivity contribution in [3.8, 4) is 0 Å². The highest BCUT2D eigenvalue weighted by atomic mass is 32.2. The fourth-order valence-corrected chi connectivity index (χ4v) is 5.70. The number of piperidine rings is 1. The predicted molar refractivity (Wildman–Crippen MR) is 97.6 cm³/mol. The lowest BCUT2D eigenvalue weighted by atomic mass is 9.94. The van der Waals surface area contributed by atoms with Gasteiger partial charge in [0.2, 0.25) is 5.91 Å². The van der Waals surface area contributed by atoms with E-state index in [4.69, 9.17) is 0 Å². The lowest BCUT2D eigenvalue weighted by Gasteiger charge is -2.36. The van der Waals surface area contributed by atoms with Crippen molar-refractivity contribution in [3.63, 3.8) is 0 Å². The predicted octanol–water partition coefficient (Wildman–Crippen LogP) is 1.11. The Balaban J connectivity index is 1.68. The maximum Gasteiger partial charge on any atom is 0.281 e. The highest BCUT2D eigenvalue weighted by molar-refractivity contribution is 7.86. The minimum atomic E-state index is -3.43. The summed E-state index contributed by atoms with van der Waals surface area (Å²) in [4.78, 5) is 20.1. The number of fused-ring (bicyclic) bond motifs is 4. The van der Waals surface area contributed by atoms with E-state index in [-0.39, 0.29) is 17.9 Å². The molecule has 7 nitrogen and oxygen atoms in total. The Labute approximate surface area is 153 Å². The van der Waals surface area contributed by atoms with E-state index < -0.39 is 10.2 Å². The van der Waals surface area contributed by atoms with Gasteiger partial charge < -0.3 is 4.90 Å². The van der Waals surface area contributed by atoms with Crippen LogP contribution in [-0.2, 0) is 21.4 Å². The molecule has 4 rings (SSSR count). The summed E-state index contributed by atoms with van der Waals surface area (Å²) in [6.07, 6.45) is 3.05. The van der Waals surface area contributed by atoms with Gasteiger partial charge in [0.25, 0.3) is 10.2 Å². The third kappa shape index (κ3) is 3.89. The second-order valence-corrected chi connectivity index (χ2v) is 10.2. The van der Waals surface area contributed by atoms with Crippen LogP contribution in [0.4, 0.5) is 0 Å². The lowest BCUT2D eigenvalue weighted by Crippen LogP contribution is -2.48. The molecule has 0 spiro atoms. The van der Waals surface area contributed by atoms with Crippen LogP contribution in [0.25, 0.3) is 0 Å². The molecule has 1 amide bonds. The summed E-state index contributed by atoms with van der Waals surface area (Å²) >= 11 is 1.59. The van der Waals surface area contributed by atoms with E-state index in [1.165, 1.54) is 4.31 Å². The van der Waals surface area contributed by atoms with Gasteiger partial charge in [-0.15, -0.1) is 11.3 Å². The number of hydrogen-bond acceptors (Lipinski definition) is 5. The molecule has 0 N–H and O–H groups in total. The summed E-state index contributed by atoms with van der Waals surface area (Å²) < 4.78 is 27.8. The number of amides is 1. The Hall–Kier alpha value is -1.03. The number of carbonyl (C=O) groups excluding carboxylic acids is 1. The molecular formula is C16H26N4O3S2. The van der Waals surface area contributed by atoms with Crippen LogP contribution in [-0.4, -0.2) is 72.6 Å². The molecule has 0 aliphatic carbocycles. The van der Waals surface area contributed by atoms with Crippen molar-refractivity contribution < 1.29 is 13.2 Å². The maximum atomic E-state index is 12.8. The quantitative estimate of drug-likeness (QED) is 0.760. The minimum absolute atomic E-state index is 0.0106. The average molecular weight is 387 g/mol. The van der Waals surface area contributed by atoms with Gasteiger partial charge in [0.15, 0.2) is 0 Å². The molecule has 1 aromatic rings. The van der Waals surface area contributed by atoms with E-state index in [2.05, 4.69) is 4.98 Å². The van der Waals surface area contributed by atoms with Crippen LogP contribution < -0.4 is 0 Å². The molecule has 0 saturated carbocycles. The van der Waals surface area contributed by atoms with Gasteiger partial charge in [-0.05, 0) is 32.1 Å². The molecule has 3 fully saturated rings. The Kier molecular flexibility index (Phi) is 5.48. The normalized spacial score (nSPS) is 24.7. The molecule has 0 radical (unpaired) electrons. The Morgan fingerprint density at radius 1 is 1.32 bits per heavy atom. The first kappa shape index (κ1) is 18.8. The van der Waals surface area contributed by atoms with Gasteiger partial charge in [0.05, 0.1) is 11.2 Å². The van der Waals surface area contributed by atoms with Crippen molar-refractivity contribution in [2.24, 2.45) is 5.92 Å². The Bertz CT molecular complexity index is 731. The zero-order chi connectivity index (χ0) is 18.2. The molecule has 4 heterocycles. The Morgan fingerprint density at radius 3 is 2.72 bits per heavy atom. The van der Waals surface area contributed by atoms with Crippen LogP contribution in [0.2, 0.25) is 0 Å². The number of aromatic nitrogens is 1. The molecule has 1 aromatic heterocycles. The van der Waals surface area contributed by atoms with Crippen LogP contribution in [0.5, 0.6) is 0 Å². The van der Waals surface area contributed by atoms with Gasteiger partial charge in [-0.1, -0.05) is 0 Å². The van der Waals surface area contributed by atoms with Gasteiger partial charge in [-0.25, -0.2) is 4.98 Å². The number of thiazole rings is 1. The number of aryl methyl sites for hydroxylation is 2. The fraction of sp³-hybridized carbons (Fsp3) is 0.750. The van der Waals surface area contributed by atoms with Gasteiger partial charge in [-0.3, -0.25) is 4.79 Å². The standard InChI is InChI=1S/C16H26N4O3S2/c1-12-15(24-11-17-12)6-7-16(21)20-9-13-4-5-14(20)10-19(8-13)25(22,23)18(2)3/h11,13-14H,4-10H2,1-3H3/t13-,14+/m1/s1. The zero-order valence-corrected chi connectivity index (χ0v) is 16.6. The monoisotopic (exact) mass is 386 g/mol. The van der Waals surface area contributed by atoms with E-state index in [0.29, 0.717) is 32.5 Å². The first-order chi connectivity index (χ1) is 11.8. The van der Waals surface area contributed by atoms with E-state index in [9.17, 15) is 13.2 Å². The molecule has 3 aliphatic rings. The van der Waals surface area contributed by atoms with E-state index >= 15 is 0 Å². The second kappa shape index (κ2) is 7.30.